The second-order valence-corrected chi connectivity index (χ2v) is 6.19. The van der Waals surface area contributed by atoms with Gasteiger partial charge in [-0.2, -0.15) is 0 Å². The SMILES string of the molecule is C=CCOc1cc(N(C)C)ccc1C=C1C(=O)NN(c2ccccc2)C1=O. The molecule has 0 atom stereocenters. The molecule has 0 radical (unpaired) electrons. The first-order valence-electron chi connectivity index (χ1n) is 8.48. The highest BCUT2D eigenvalue weighted by Crippen LogP contribution is 2.29. The van der Waals surface area contributed by atoms with E-state index < -0.39 is 11.8 Å². The number of carbonyl (C=O) groups is 2. The van der Waals surface area contributed by atoms with E-state index in [4.69, 9.17) is 4.74 Å². The van der Waals surface area contributed by atoms with Crippen LogP contribution in [0.15, 0.2) is 66.8 Å². The number of nitrogens with one attached hydrogen (secondary N) is 1. The monoisotopic (exact) mass is 363 g/mol. The van der Waals surface area contributed by atoms with Crippen molar-refractivity contribution >= 4 is 29.3 Å². The van der Waals surface area contributed by atoms with Crippen LogP contribution in [0, 0.1) is 0 Å². The maximum absolute atomic E-state index is 12.7. The van der Waals surface area contributed by atoms with Gasteiger partial charge >= 0.3 is 0 Å². The molecule has 2 aromatic carbocycles. The third kappa shape index (κ3) is 3.84. The highest BCUT2D eigenvalue weighted by Gasteiger charge is 2.34. The Kier molecular flexibility index (Phi) is 5.26. The van der Waals surface area contributed by atoms with Gasteiger partial charge in [0.25, 0.3) is 11.8 Å². The summed E-state index contributed by atoms with van der Waals surface area (Å²) in [4.78, 5) is 27.0. The number of hydrogen-bond acceptors (Lipinski definition) is 4. The third-order valence-corrected chi connectivity index (χ3v) is 4.08. The number of amides is 2. The van der Waals surface area contributed by atoms with Crippen molar-refractivity contribution in [2.45, 2.75) is 0 Å². The summed E-state index contributed by atoms with van der Waals surface area (Å²) in [6, 6.07) is 14.6. The molecule has 138 valence electrons. The first-order valence-corrected chi connectivity index (χ1v) is 8.48. The Bertz CT molecular complexity index is 904. The summed E-state index contributed by atoms with van der Waals surface area (Å²) in [7, 11) is 3.85. The predicted octanol–water partition coefficient (Wildman–Crippen LogP) is 2.78. The fourth-order valence-electron chi connectivity index (χ4n) is 2.67. The van der Waals surface area contributed by atoms with Crippen LogP contribution in [0.5, 0.6) is 5.75 Å². The van der Waals surface area contributed by atoms with Gasteiger partial charge < -0.3 is 9.64 Å². The molecule has 1 heterocycles. The summed E-state index contributed by atoms with van der Waals surface area (Å²) in [5.74, 6) is -0.278. The zero-order valence-corrected chi connectivity index (χ0v) is 15.3. The van der Waals surface area contributed by atoms with Gasteiger partial charge in [-0.25, -0.2) is 5.01 Å². The number of hydrogen-bond donors (Lipinski definition) is 1. The smallest absolute Gasteiger partial charge is 0.282 e. The number of hydrazine groups is 1. The van der Waals surface area contributed by atoms with Crippen molar-refractivity contribution in [2.75, 3.05) is 30.6 Å². The molecule has 0 aromatic heterocycles. The number of rotatable bonds is 6. The van der Waals surface area contributed by atoms with E-state index in [1.54, 1.807) is 36.4 Å². The normalized spacial score (nSPS) is 15.0. The van der Waals surface area contributed by atoms with Gasteiger partial charge in [0.1, 0.15) is 17.9 Å². The van der Waals surface area contributed by atoms with Crippen molar-refractivity contribution in [1.82, 2.24) is 5.43 Å². The molecule has 6 heteroatoms. The van der Waals surface area contributed by atoms with Gasteiger partial charge in [0.2, 0.25) is 0 Å². The summed E-state index contributed by atoms with van der Waals surface area (Å²) >= 11 is 0. The van der Waals surface area contributed by atoms with E-state index in [-0.39, 0.29) is 5.57 Å². The molecule has 1 fully saturated rings. The number of para-hydroxylation sites is 1. The van der Waals surface area contributed by atoms with Gasteiger partial charge in [-0.3, -0.25) is 15.0 Å². The summed E-state index contributed by atoms with van der Waals surface area (Å²) in [5, 5.41) is 1.24. The van der Waals surface area contributed by atoms with Crippen molar-refractivity contribution in [3.63, 3.8) is 0 Å². The fourth-order valence-corrected chi connectivity index (χ4v) is 2.67. The van der Waals surface area contributed by atoms with Crippen LogP contribution in [-0.2, 0) is 9.59 Å². The molecular weight excluding hydrogens is 342 g/mol. The van der Waals surface area contributed by atoms with E-state index in [2.05, 4.69) is 12.0 Å². The molecule has 27 heavy (non-hydrogen) atoms. The van der Waals surface area contributed by atoms with Gasteiger partial charge in [0.05, 0.1) is 5.69 Å². The molecule has 1 aliphatic rings. The minimum Gasteiger partial charge on any atom is -0.489 e. The Balaban J connectivity index is 1.96. The van der Waals surface area contributed by atoms with Crippen LogP contribution in [0.4, 0.5) is 11.4 Å². The third-order valence-electron chi connectivity index (χ3n) is 4.08. The van der Waals surface area contributed by atoms with Crippen LogP contribution in [0.1, 0.15) is 5.56 Å². The van der Waals surface area contributed by atoms with Gasteiger partial charge in [-0.15, -0.1) is 0 Å². The molecule has 0 aliphatic carbocycles. The maximum atomic E-state index is 12.7. The summed E-state index contributed by atoms with van der Waals surface area (Å²) in [5.41, 5.74) is 4.85. The van der Waals surface area contributed by atoms with Gasteiger partial charge in [-0.05, 0) is 30.3 Å². The first-order chi connectivity index (χ1) is 13.0. The van der Waals surface area contributed by atoms with Crippen LogP contribution in [0.2, 0.25) is 0 Å². The average Bonchev–Trinajstić information content (AvgIpc) is 2.96. The molecule has 2 aromatic rings. The Morgan fingerprint density at radius 2 is 1.89 bits per heavy atom. The minimum atomic E-state index is -0.449. The molecule has 3 rings (SSSR count). The lowest BCUT2D eigenvalue weighted by molar-refractivity contribution is -0.117. The number of anilines is 2. The van der Waals surface area contributed by atoms with E-state index in [9.17, 15) is 9.59 Å². The van der Waals surface area contributed by atoms with E-state index in [0.29, 0.717) is 23.6 Å². The lowest BCUT2D eigenvalue weighted by Gasteiger charge is -2.16. The second-order valence-electron chi connectivity index (χ2n) is 6.19. The zero-order valence-electron chi connectivity index (χ0n) is 15.3. The van der Waals surface area contributed by atoms with E-state index in [1.165, 1.54) is 5.01 Å². The molecule has 0 spiro atoms. The molecule has 1 aliphatic heterocycles. The van der Waals surface area contributed by atoms with Crippen molar-refractivity contribution in [1.29, 1.82) is 0 Å². The molecule has 6 nitrogen and oxygen atoms in total. The molecular formula is C21H21N3O3. The number of benzene rings is 2. The molecule has 1 N–H and O–H groups in total. The van der Waals surface area contributed by atoms with Crippen LogP contribution >= 0.6 is 0 Å². The van der Waals surface area contributed by atoms with E-state index in [1.807, 2.05) is 43.3 Å². The lowest BCUT2D eigenvalue weighted by atomic mass is 10.1. The first kappa shape index (κ1) is 18.3. The molecule has 2 amide bonds. The predicted molar refractivity (Wildman–Crippen MR) is 107 cm³/mol. The van der Waals surface area contributed by atoms with Gasteiger partial charge in [0.15, 0.2) is 0 Å². The number of nitrogens with zero attached hydrogens (tertiary/aromatic N) is 2. The Labute approximate surface area is 158 Å². The topological polar surface area (TPSA) is 61.9 Å². The highest BCUT2D eigenvalue weighted by molar-refractivity contribution is 6.31. The van der Waals surface area contributed by atoms with Crippen molar-refractivity contribution < 1.29 is 14.3 Å². The molecule has 1 saturated heterocycles. The fraction of sp³-hybridized carbons (Fsp3) is 0.143. The Morgan fingerprint density at radius 1 is 1.15 bits per heavy atom. The Morgan fingerprint density at radius 3 is 2.56 bits per heavy atom. The quantitative estimate of drug-likeness (QED) is 0.487. The molecule has 0 unspecified atom stereocenters. The largest absolute Gasteiger partial charge is 0.489 e. The zero-order chi connectivity index (χ0) is 19.4. The van der Waals surface area contributed by atoms with Crippen molar-refractivity contribution in [3.8, 4) is 5.75 Å². The number of ether oxygens (including phenoxy) is 1. The van der Waals surface area contributed by atoms with Crippen molar-refractivity contribution in [3.05, 3.63) is 72.3 Å². The number of carbonyl (C=O) groups excluding carboxylic acids is 2. The second kappa shape index (κ2) is 7.78. The maximum Gasteiger partial charge on any atom is 0.282 e. The summed E-state index contributed by atoms with van der Waals surface area (Å²) < 4.78 is 5.72. The van der Waals surface area contributed by atoms with Crippen molar-refractivity contribution in [2.24, 2.45) is 0 Å². The van der Waals surface area contributed by atoms with Gasteiger partial charge in [-0.1, -0.05) is 30.9 Å². The van der Waals surface area contributed by atoms with Crippen LogP contribution in [-0.4, -0.2) is 32.5 Å². The van der Waals surface area contributed by atoms with Crippen LogP contribution in [0.25, 0.3) is 6.08 Å². The molecule has 0 saturated carbocycles. The summed E-state index contributed by atoms with van der Waals surface area (Å²) in [6.07, 6.45) is 3.20. The highest BCUT2D eigenvalue weighted by atomic mass is 16.5. The Hall–Kier alpha value is -3.54. The minimum absolute atomic E-state index is 0.0555. The summed E-state index contributed by atoms with van der Waals surface area (Å²) in [6.45, 7) is 3.98. The van der Waals surface area contributed by atoms with E-state index >= 15 is 0 Å². The van der Waals surface area contributed by atoms with Crippen LogP contribution < -0.4 is 20.1 Å². The van der Waals surface area contributed by atoms with Gasteiger partial charge in [0, 0.05) is 31.4 Å². The van der Waals surface area contributed by atoms with E-state index in [0.717, 1.165) is 5.69 Å². The van der Waals surface area contributed by atoms with Crippen LogP contribution in [0.3, 0.4) is 0 Å². The molecule has 0 bridgehead atoms. The standard InChI is InChI=1S/C21H21N3O3/c1-4-12-27-19-14-17(23(2)3)11-10-15(19)13-18-20(25)22-24(21(18)26)16-8-6-5-7-9-16/h4-11,13-14H,1,12H2,2-3H3,(H,22,25). The lowest BCUT2D eigenvalue weighted by Crippen LogP contribution is -2.35. The average molecular weight is 363 g/mol.